The summed E-state index contributed by atoms with van der Waals surface area (Å²) in [6, 6.07) is 13.4. The predicted octanol–water partition coefficient (Wildman–Crippen LogP) is 4.27. The van der Waals surface area contributed by atoms with Gasteiger partial charge in [0.25, 0.3) is 0 Å². The summed E-state index contributed by atoms with van der Waals surface area (Å²) in [6.45, 7) is 0. The number of hydrogen-bond donors (Lipinski definition) is 2. The lowest BCUT2D eigenvalue weighted by atomic mass is 10.2. The number of rotatable bonds is 2. The molecule has 0 aliphatic carbocycles. The average molecular weight is 345 g/mol. The zero-order valence-corrected chi connectivity index (χ0v) is 11.3. The Labute approximate surface area is 113 Å². The number of nitrogens with two attached hydrogens (primary N) is 1. The van der Waals surface area contributed by atoms with E-state index >= 15 is 0 Å². The summed E-state index contributed by atoms with van der Waals surface area (Å²) in [5.74, 6) is 0. The van der Waals surface area contributed by atoms with Gasteiger partial charge >= 0.3 is 0 Å². The van der Waals surface area contributed by atoms with Gasteiger partial charge in [0.15, 0.2) is 0 Å². The Kier molecular flexibility index (Phi) is 3.56. The van der Waals surface area contributed by atoms with Crippen molar-refractivity contribution in [3.05, 3.63) is 51.1 Å². The Morgan fingerprint density at radius 3 is 2.38 bits per heavy atom. The van der Waals surface area contributed by atoms with Crippen molar-refractivity contribution in [2.45, 2.75) is 0 Å². The number of hydrogen-bond acceptors (Lipinski definition) is 2. The molecule has 2 aromatic rings. The summed E-state index contributed by atoms with van der Waals surface area (Å²) in [5, 5.41) is 3.96. The maximum Gasteiger partial charge on any atom is 0.0618 e. The highest BCUT2D eigenvalue weighted by molar-refractivity contribution is 14.1. The van der Waals surface area contributed by atoms with Gasteiger partial charge in [0, 0.05) is 14.3 Å². The fourth-order valence-corrected chi connectivity index (χ4v) is 1.98. The minimum absolute atomic E-state index is 0.723. The van der Waals surface area contributed by atoms with Crippen molar-refractivity contribution in [2.24, 2.45) is 0 Å². The van der Waals surface area contributed by atoms with Gasteiger partial charge in [-0.2, -0.15) is 0 Å². The van der Waals surface area contributed by atoms with Gasteiger partial charge in [-0.25, -0.2) is 0 Å². The molecule has 0 heterocycles. The molecule has 0 aliphatic rings. The molecule has 0 amide bonds. The van der Waals surface area contributed by atoms with Crippen LogP contribution in [0.15, 0.2) is 42.5 Å². The van der Waals surface area contributed by atoms with E-state index in [1.807, 2.05) is 42.5 Å². The molecule has 2 rings (SSSR count). The van der Waals surface area contributed by atoms with E-state index in [-0.39, 0.29) is 0 Å². The fraction of sp³-hybridized carbons (Fsp3) is 0. The molecule has 0 saturated heterocycles. The summed E-state index contributed by atoms with van der Waals surface area (Å²) in [5.41, 5.74) is 8.52. The van der Waals surface area contributed by atoms with E-state index < -0.39 is 0 Å². The van der Waals surface area contributed by atoms with E-state index in [4.69, 9.17) is 17.3 Å². The Morgan fingerprint density at radius 1 is 1.06 bits per heavy atom. The second-order valence-corrected chi connectivity index (χ2v) is 5.05. The summed E-state index contributed by atoms with van der Waals surface area (Å²) in [4.78, 5) is 0. The SMILES string of the molecule is Nc1cc(I)ccc1Nc1ccc(Cl)cc1. The van der Waals surface area contributed by atoms with Crippen LogP contribution in [0.25, 0.3) is 0 Å². The Bertz CT molecular complexity index is 497. The minimum Gasteiger partial charge on any atom is -0.397 e. The molecular weight excluding hydrogens is 335 g/mol. The van der Waals surface area contributed by atoms with E-state index in [0.717, 1.165) is 25.7 Å². The van der Waals surface area contributed by atoms with Gasteiger partial charge in [-0.1, -0.05) is 11.6 Å². The van der Waals surface area contributed by atoms with E-state index in [1.54, 1.807) is 0 Å². The second-order valence-electron chi connectivity index (χ2n) is 3.36. The molecule has 0 bridgehead atoms. The van der Waals surface area contributed by atoms with Crippen molar-refractivity contribution in [2.75, 3.05) is 11.1 Å². The summed E-state index contributed by atoms with van der Waals surface area (Å²) < 4.78 is 1.12. The maximum absolute atomic E-state index is 5.91. The summed E-state index contributed by atoms with van der Waals surface area (Å²) in [6.07, 6.45) is 0. The van der Waals surface area contributed by atoms with E-state index in [9.17, 15) is 0 Å². The molecule has 16 heavy (non-hydrogen) atoms. The first-order valence-electron chi connectivity index (χ1n) is 4.73. The third-order valence-corrected chi connectivity index (χ3v) is 3.06. The standard InChI is InChI=1S/C12H10ClIN2/c13-8-1-4-10(5-2-8)16-12-6-3-9(14)7-11(12)15/h1-7,16H,15H2. The molecule has 0 fully saturated rings. The topological polar surface area (TPSA) is 38.0 Å². The van der Waals surface area contributed by atoms with Crippen LogP contribution in [-0.4, -0.2) is 0 Å². The van der Waals surface area contributed by atoms with Crippen LogP contribution in [0, 0.1) is 3.57 Å². The van der Waals surface area contributed by atoms with E-state index in [0.29, 0.717) is 0 Å². The highest BCUT2D eigenvalue weighted by Crippen LogP contribution is 2.25. The highest BCUT2D eigenvalue weighted by atomic mass is 127. The van der Waals surface area contributed by atoms with Crippen LogP contribution in [0.1, 0.15) is 0 Å². The first-order chi connectivity index (χ1) is 7.65. The van der Waals surface area contributed by atoms with Gasteiger partial charge in [-0.05, 0) is 65.1 Å². The molecule has 2 aromatic carbocycles. The molecule has 0 spiro atoms. The zero-order valence-electron chi connectivity index (χ0n) is 8.37. The molecule has 0 aliphatic heterocycles. The van der Waals surface area contributed by atoms with Crippen LogP contribution >= 0.6 is 34.2 Å². The van der Waals surface area contributed by atoms with Crippen LogP contribution in [0.2, 0.25) is 5.02 Å². The molecular formula is C12H10ClIN2. The van der Waals surface area contributed by atoms with Crippen molar-refractivity contribution >= 4 is 51.3 Å². The predicted molar refractivity (Wildman–Crippen MR) is 78.3 cm³/mol. The smallest absolute Gasteiger partial charge is 0.0618 e. The first-order valence-corrected chi connectivity index (χ1v) is 6.18. The largest absolute Gasteiger partial charge is 0.397 e. The van der Waals surface area contributed by atoms with Crippen molar-refractivity contribution in [1.82, 2.24) is 0 Å². The summed E-state index contributed by atoms with van der Waals surface area (Å²) >= 11 is 8.05. The third kappa shape index (κ3) is 2.80. The molecule has 4 heteroatoms. The van der Waals surface area contributed by atoms with Crippen LogP contribution in [0.4, 0.5) is 17.1 Å². The normalized spacial score (nSPS) is 10.1. The third-order valence-electron chi connectivity index (χ3n) is 2.14. The summed E-state index contributed by atoms with van der Waals surface area (Å²) in [7, 11) is 0. The number of nitrogen functional groups attached to an aromatic ring is 1. The average Bonchev–Trinajstić information content (AvgIpc) is 2.25. The molecule has 0 unspecified atom stereocenters. The monoisotopic (exact) mass is 344 g/mol. The van der Waals surface area contributed by atoms with Crippen LogP contribution in [0.3, 0.4) is 0 Å². The molecule has 82 valence electrons. The molecule has 3 N–H and O–H groups in total. The lowest BCUT2D eigenvalue weighted by Gasteiger charge is -2.09. The first kappa shape index (κ1) is 11.5. The lowest BCUT2D eigenvalue weighted by Crippen LogP contribution is -1.96. The van der Waals surface area contributed by atoms with Gasteiger partial charge in [0.05, 0.1) is 11.4 Å². The number of halogens is 2. The van der Waals surface area contributed by atoms with Crippen molar-refractivity contribution in [3.8, 4) is 0 Å². The molecule has 0 radical (unpaired) electrons. The molecule has 0 atom stereocenters. The van der Waals surface area contributed by atoms with Crippen molar-refractivity contribution in [1.29, 1.82) is 0 Å². The molecule has 0 saturated carbocycles. The van der Waals surface area contributed by atoms with E-state index in [1.165, 1.54) is 0 Å². The quantitative estimate of drug-likeness (QED) is 0.631. The van der Waals surface area contributed by atoms with Gasteiger partial charge in [0.1, 0.15) is 0 Å². The van der Waals surface area contributed by atoms with Crippen LogP contribution < -0.4 is 11.1 Å². The zero-order chi connectivity index (χ0) is 11.5. The Balaban J connectivity index is 2.23. The van der Waals surface area contributed by atoms with Gasteiger partial charge in [-0.3, -0.25) is 0 Å². The Hall–Kier alpha value is -0.940. The Morgan fingerprint density at radius 2 is 1.75 bits per heavy atom. The van der Waals surface area contributed by atoms with Crippen molar-refractivity contribution < 1.29 is 0 Å². The fourth-order valence-electron chi connectivity index (χ4n) is 1.34. The van der Waals surface area contributed by atoms with Crippen LogP contribution in [-0.2, 0) is 0 Å². The molecule has 2 nitrogen and oxygen atoms in total. The number of anilines is 3. The highest BCUT2D eigenvalue weighted by Gasteiger charge is 2.00. The second kappa shape index (κ2) is 4.93. The molecule has 0 aromatic heterocycles. The van der Waals surface area contributed by atoms with Gasteiger partial charge < -0.3 is 11.1 Å². The van der Waals surface area contributed by atoms with E-state index in [2.05, 4.69) is 27.9 Å². The van der Waals surface area contributed by atoms with Crippen molar-refractivity contribution in [3.63, 3.8) is 0 Å². The number of benzene rings is 2. The number of nitrogens with one attached hydrogen (secondary N) is 1. The lowest BCUT2D eigenvalue weighted by molar-refractivity contribution is 1.53. The van der Waals surface area contributed by atoms with Crippen LogP contribution in [0.5, 0.6) is 0 Å². The van der Waals surface area contributed by atoms with Gasteiger partial charge in [0.2, 0.25) is 0 Å². The van der Waals surface area contributed by atoms with Gasteiger partial charge in [-0.15, -0.1) is 0 Å². The minimum atomic E-state index is 0.723. The maximum atomic E-state index is 5.91.